The van der Waals surface area contributed by atoms with E-state index in [9.17, 15) is 9.59 Å². The minimum atomic E-state index is -0.195. The van der Waals surface area contributed by atoms with Gasteiger partial charge < -0.3 is 9.88 Å². The molecule has 1 unspecified atom stereocenters. The SMILES string of the molecule is Cc1ccccc1N1C(=O)CC1c1nc2sc3c(c2c(=O)[nH]1)CCCC3. The van der Waals surface area contributed by atoms with E-state index in [1.807, 2.05) is 31.2 Å². The van der Waals surface area contributed by atoms with Crippen molar-refractivity contribution in [1.29, 1.82) is 0 Å². The van der Waals surface area contributed by atoms with Crippen LogP contribution in [-0.4, -0.2) is 15.9 Å². The molecule has 0 saturated carbocycles. The van der Waals surface area contributed by atoms with E-state index < -0.39 is 0 Å². The van der Waals surface area contributed by atoms with E-state index >= 15 is 0 Å². The van der Waals surface area contributed by atoms with Crippen molar-refractivity contribution in [2.24, 2.45) is 0 Å². The number of nitrogens with zero attached hydrogens (tertiary/aromatic N) is 2. The van der Waals surface area contributed by atoms with Gasteiger partial charge in [-0.1, -0.05) is 18.2 Å². The van der Waals surface area contributed by atoms with Crippen molar-refractivity contribution in [2.45, 2.75) is 45.1 Å². The molecule has 2 aromatic heterocycles. The highest BCUT2D eigenvalue weighted by atomic mass is 32.1. The smallest absolute Gasteiger partial charge is 0.259 e. The largest absolute Gasteiger partial charge is 0.308 e. The van der Waals surface area contributed by atoms with Gasteiger partial charge in [0.2, 0.25) is 5.91 Å². The summed E-state index contributed by atoms with van der Waals surface area (Å²) in [6.45, 7) is 1.99. The quantitative estimate of drug-likeness (QED) is 0.705. The molecule has 3 aromatic rings. The Bertz CT molecular complexity index is 1100. The molecule has 0 radical (unpaired) electrons. The van der Waals surface area contributed by atoms with Crippen LogP contribution in [0.4, 0.5) is 5.69 Å². The van der Waals surface area contributed by atoms with E-state index in [0.717, 1.165) is 40.7 Å². The number of anilines is 1. The number of hydrogen-bond donors (Lipinski definition) is 1. The summed E-state index contributed by atoms with van der Waals surface area (Å²) in [6, 6.07) is 7.63. The van der Waals surface area contributed by atoms with Gasteiger partial charge >= 0.3 is 0 Å². The molecule has 6 heteroatoms. The Balaban J connectivity index is 1.60. The van der Waals surface area contributed by atoms with Crippen LogP contribution in [0, 0.1) is 6.92 Å². The summed E-state index contributed by atoms with van der Waals surface area (Å²) in [6.07, 6.45) is 4.72. The van der Waals surface area contributed by atoms with Gasteiger partial charge in [-0.2, -0.15) is 0 Å². The lowest BCUT2D eigenvalue weighted by molar-refractivity contribution is -0.124. The Hall–Kier alpha value is -2.47. The van der Waals surface area contributed by atoms with Crippen LogP contribution < -0.4 is 10.5 Å². The Kier molecular flexibility index (Phi) is 3.50. The first-order chi connectivity index (χ1) is 12.6. The second-order valence-electron chi connectivity index (χ2n) is 7.11. The molecule has 3 heterocycles. The van der Waals surface area contributed by atoms with Gasteiger partial charge in [-0.25, -0.2) is 4.98 Å². The lowest BCUT2D eigenvalue weighted by Gasteiger charge is -2.40. The van der Waals surface area contributed by atoms with E-state index in [1.54, 1.807) is 16.2 Å². The van der Waals surface area contributed by atoms with Gasteiger partial charge in [-0.15, -0.1) is 11.3 Å². The number of para-hydroxylation sites is 1. The maximum Gasteiger partial charge on any atom is 0.259 e. The second-order valence-corrected chi connectivity index (χ2v) is 8.20. The number of aromatic nitrogens is 2. The highest BCUT2D eigenvalue weighted by molar-refractivity contribution is 7.18. The molecule has 1 aliphatic carbocycles. The molecule has 1 atom stereocenters. The summed E-state index contributed by atoms with van der Waals surface area (Å²) in [4.78, 5) is 36.7. The third-order valence-corrected chi connectivity index (χ3v) is 6.67. The van der Waals surface area contributed by atoms with Crippen LogP contribution in [0.1, 0.15) is 47.1 Å². The number of nitrogens with one attached hydrogen (secondary N) is 1. The van der Waals surface area contributed by atoms with Gasteiger partial charge in [0, 0.05) is 10.6 Å². The molecule has 2 aliphatic rings. The molecule has 5 nitrogen and oxygen atoms in total. The lowest BCUT2D eigenvalue weighted by Crippen LogP contribution is -2.48. The third kappa shape index (κ3) is 2.25. The minimum Gasteiger partial charge on any atom is -0.308 e. The van der Waals surface area contributed by atoms with Crippen LogP contribution in [0.5, 0.6) is 0 Å². The number of hydrogen-bond acceptors (Lipinski definition) is 4. The third-order valence-electron chi connectivity index (χ3n) is 5.48. The Morgan fingerprint density at radius 2 is 2.00 bits per heavy atom. The predicted molar refractivity (Wildman–Crippen MR) is 103 cm³/mol. The van der Waals surface area contributed by atoms with Gasteiger partial charge in [-0.3, -0.25) is 9.59 Å². The van der Waals surface area contributed by atoms with Crippen molar-refractivity contribution >= 4 is 33.1 Å². The molecule has 5 rings (SSSR count). The van der Waals surface area contributed by atoms with Crippen LogP contribution in [0.3, 0.4) is 0 Å². The molecular formula is C20H19N3O2S. The van der Waals surface area contributed by atoms with E-state index in [2.05, 4.69) is 4.98 Å². The van der Waals surface area contributed by atoms with Crippen LogP contribution in [-0.2, 0) is 17.6 Å². The summed E-state index contributed by atoms with van der Waals surface area (Å²) in [5, 5.41) is 0.765. The minimum absolute atomic E-state index is 0.0616. The fraction of sp³-hybridized carbons (Fsp3) is 0.350. The number of fused-ring (bicyclic) bond motifs is 3. The maximum atomic E-state index is 12.8. The molecule has 26 heavy (non-hydrogen) atoms. The molecule has 132 valence electrons. The van der Waals surface area contributed by atoms with E-state index in [4.69, 9.17) is 4.98 Å². The molecule has 1 saturated heterocycles. The summed E-state index contributed by atoms with van der Waals surface area (Å²) >= 11 is 1.65. The first kappa shape index (κ1) is 15.8. The normalized spacial score (nSPS) is 19.5. The fourth-order valence-corrected chi connectivity index (χ4v) is 5.38. The van der Waals surface area contributed by atoms with Gasteiger partial charge in [-0.05, 0) is 49.8 Å². The first-order valence-electron chi connectivity index (χ1n) is 9.05. The van der Waals surface area contributed by atoms with E-state index in [1.165, 1.54) is 16.9 Å². The second kappa shape index (κ2) is 5.77. The van der Waals surface area contributed by atoms with Gasteiger partial charge in [0.05, 0.1) is 11.8 Å². The van der Waals surface area contributed by atoms with Crippen molar-refractivity contribution in [3.8, 4) is 0 Å². The average molecular weight is 365 g/mol. The zero-order chi connectivity index (χ0) is 17.8. The molecule has 1 aliphatic heterocycles. The van der Waals surface area contributed by atoms with Crippen molar-refractivity contribution in [1.82, 2.24) is 9.97 Å². The number of rotatable bonds is 2. The average Bonchev–Trinajstić information content (AvgIpc) is 3.00. The predicted octanol–water partition coefficient (Wildman–Crippen LogP) is 3.65. The van der Waals surface area contributed by atoms with Crippen LogP contribution >= 0.6 is 11.3 Å². The van der Waals surface area contributed by atoms with Crippen molar-refractivity contribution in [2.75, 3.05) is 4.90 Å². The van der Waals surface area contributed by atoms with Crippen molar-refractivity contribution in [3.63, 3.8) is 0 Å². The molecule has 0 bridgehead atoms. The van der Waals surface area contributed by atoms with E-state index in [-0.39, 0.29) is 17.5 Å². The number of aromatic amines is 1. The molecular weight excluding hydrogens is 346 g/mol. The molecule has 1 amide bonds. The zero-order valence-corrected chi connectivity index (χ0v) is 15.4. The Morgan fingerprint density at radius 3 is 2.81 bits per heavy atom. The summed E-state index contributed by atoms with van der Waals surface area (Å²) < 4.78 is 0. The summed E-state index contributed by atoms with van der Waals surface area (Å²) in [5.74, 6) is 0.668. The number of thiophene rings is 1. The molecule has 1 fully saturated rings. The standard InChI is InChI=1S/C20H19N3O2S/c1-11-6-2-4-8-13(11)23-14(10-16(23)24)18-21-19(25)17-12-7-3-5-9-15(12)26-20(17)22-18/h2,4,6,8,14H,3,5,7,9-10H2,1H3,(H,21,22,25). The van der Waals surface area contributed by atoms with Gasteiger partial charge in [0.25, 0.3) is 5.56 Å². The monoisotopic (exact) mass is 365 g/mol. The van der Waals surface area contributed by atoms with Crippen LogP contribution in [0.25, 0.3) is 10.2 Å². The zero-order valence-electron chi connectivity index (χ0n) is 14.5. The number of amides is 1. The van der Waals surface area contributed by atoms with E-state index in [0.29, 0.717) is 12.2 Å². The number of aryl methyl sites for hydroxylation is 3. The molecule has 1 aromatic carbocycles. The number of carbonyl (C=O) groups excluding carboxylic acids is 1. The Morgan fingerprint density at radius 1 is 1.19 bits per heavy atom. The summed E-state index contributed by atoms with van der Waals surface area (Å²) in [7, 11) is 0. The maximum absolute atomic E-state index is 12.8. The van der Waals surface area contributed by atoms with Crippen molar-refractivity contribution < 1.29 is 4.79 Å². The molecule has 0 spiro atoms. The first-order valence-corrected chi connectivity index (χ1v) is 9.87. The highest BCUT2D eigenvalue weighted by Gasteiger charge is 2.41. The topological polar surface area (TPSA) is 66.1 Å². The number of benzene rings is 1. The van der Waals surface area contributed by atoms with Crippen LogP contribution in [0.2, 0.25) is 0 Å². The number of H-pyrrole nitrogens is 1. The number of β-lactam (4-membered cyclic amide) rings is 1. The number of carbonyl (C=O) groups is 1. The van der Waals surface area contributed by atoms with Crippen LogP contribution in [0.15, 0.2) is 29.1 Å². The van der Waals surface area contributed by atoms with Crippen molar-refractivity contribution in [3.05, 3.63) is 56.4 Å². The van der Waals surface area contributed by atoms with Gasteiger partial charge in [0.15, 0.2) is 0 Å². The fourth-order valence-electron chi connectivity index (χ4n) is 4.11. The highest BCUT2D eigenvalue weighted by Crippen LogP contribution is 2.40. The van der Waals surface area contributed by atoms with Gasteiger partial charge in [0.1, 0.15) is 16.7 Å². The Labute approximate surface area is 154 Å². The lowest BCUT2D eigenvalue weighted by atomic mass is 9.96. The summed E-state index contributed by atoms with van der Waals surface area (Å²) in [5.41, 5.74) is 3.06. The molecule has 1 N–H and O–H groups in total.